The van der Waals surface area contributed by atoms with Crippen LogP contribution in [-0.2, 0) is 6.54 Å². The highest BCUT2D eigenvalue weighted by Crippen LogP contribution is 2.12. The second-order valence-electron chi connectivity index (χ2n) is 3.88. The Kier molecular flexibility index (Phi) is 2.75. The minimum Gasteiger partial charge on any atom is -0.502 e. The maximum absolute atomic E-state index is 11.1. The Bertz CT molecular complexity index is 402. The third kappa shape index (κ3) is 2.37. The Labute approximate surface area is 87.1 Å². The summed E-state index contributed by atoms with van der Waals surface area (Å²) >= 11 is 0. The molecule has 0 saturated carbocycles. The van der Waals surface area contributed by atoms with Gasteiger partial charge >= 0.3 is 0 Å². The van der Waals surface area contributed by atoms with Crippen molar-refractivity contribution in [2.45, 2.75) is 19.0 Å². The SMILES string of the molecule is NC1CCN(Cc2cc(=O)c(O)co2)C1. The summed E-state index contributed by atoms with van der Waals surface area (Å²) < 4.78 is 5.10. The summed E-state index contributed by atoms with van der Waals surface area (Å²) in [5.41, 5.74) is 5.36. The zero-order valence-corrected chi connectivity index (χ0v) is 8.35. The van der Waals surface area contributed by atoms with E-state index >= 15 is 0 Å². The summed E-state index contributed by atoms with van der Waals surface area (Å²) in [5.74, 6) is 0.212. The quantitative estimate of drug-likeness (QED) is 0.711. The predicted molar refractivity (Wildman–Crippen MR) is 54.5 cm³/mol. The fourth-order valence-electron chi connectivity index (χ4n) is 1.75. The van der Waals surface area contributed by atoms with Crippen molar-refractivity contribution in [1.29, 1.82) is 0 Å². The normalized spacial score (nSPS) is 22.1. The summed E-state index contributed by atoms with van der Waals surface area (Å²) in [6, 6.07) is 1.54. The third-order valence-corrected chi connectivity index (χ3v) is 2.55. The van der Waals surface area contributed by atoms with Crippen LogP contribution < -0.4 is 11.2 Å². The van der Waals surface area contributed by atoms with Crippen LogP contribution in [0.25, 0.3) is 0 Å². The molecule has 2 heterocycles. The number of hydrogen-bond acceptors (Lipinski definition) is 5. The smallest absolute Gasteiger partial charge is 0.226 e. The van der Waals surface area contributed by atoms with Gasteiger partial charge in [-0.1, -0.05) is 0 Å². The van der Waals surface area contributed by atoms with Gasteiger partial charge in [-0.25, -0.2) is 0 Å². The van der Waals surface area contributed by atoms with Gasteiger partial charge in [0.1, 0.15) is 12.0 Å². The van der Waals surface area contributed by atoms with Gasteiger partial charge < -0.3 is 15.3 Å². The molecule has 0 spiro atoms. The van der Waals surface area contributed by atoms with E-state index in [1.807, 2.05) is 0 Å². The van der Waals surface area contributed by atoms with Crippen molar-refractivity contribution in [2.75, 3.05) is 13.1 Å². The lowest BCUT2D eigenvalue weighted by Crippen LogP contribution is -2.26. The van der Waals surface area contributed by atoms with Gasteiger partial charge in [-0.05, 0) is 6.42 Å². The van der Waals surface area contributed by atoms with Crippen LogP contribution >= 0.6 is 0 Å². The lowest BCUT2D eigenvalue weighted by Gasteiger charge is -2.13. The van der Waals surface area contributed by atoms with E-state index < -0.39 is 5.43 Å². The molecule has 3 N–H and O–H groups in total. The first-order valence-electron chi connectivity index (χ1n) is 4.94. The van der Waals surface area contributed by atoms with Gasteiger partial charge in [-0.2, -0.15) is 0 Å². The second-order valence-corrected chi connectivity index (χ2v) is 3.88. The Hall–Kier alpha value is -1.33. The average molecular weight is 210 g/mol. The lowest BCUT2D eigenvalue weighted by atomic mass is 10.3. The summed E-state index contributed by atoms with van der Waals surface area (Å²) in [5, 5.41) is 9.01. The molecule has 0 aromatic carbocycles. The molecule has 1 aliphatic heterocycles. The molecule has 0 bridgehead atoms. The number of nitrogens with zero attached hydrogens (tertiary/aromatic N) is 1. The van der Waals surface area contributed by atoms with Crippen LogP contribution in [0.2, 0.25) is 0 Å². The highest BCUT2D eigenvalue weighted by Gasteiger charge is 2.19. The molecule has 1 saturated heterocycles. The lowest BCUT2D eigenvalue weighted by molar-refractivity contribution is 0.286. The van der Waals surface area contributed by atoms with E-state index in [9.17, 15) is 4.79 Å². The van der Waals surface area contributed by atoms with E-state index in [0.717, 1.165) is 25.8 Å². The molecular weight excluding hydrogens is 196 g/mol. The van der Waals surface area contributed by atoms with E-state index in [0.29, 0.717) is 12.3 Å². The average Bonchev–Trinajstić information content (AvgIpc) is 2.58. The molecule has 0 radical (unpaired) electrons. The van der Waals surface area contributed by atoms with E-state index in [1.54, 1.807) is 0 Å². The van der Waals surface area contributed by atoms with Gasteiger partial charge in [0.15, 0.2) is 5.75 Å². The molecule has 1 fully saturated rings. The number of nitrogens with two attached hydrogens (primary N) is 1. The number of hydrogen-bond donors (Lipinski definition) is 2. The van der Waals surface area contributed by atoms with Crippen LogP contribution in [0.4, 0.5) is 0 Å². The Morgan fingerprint density at radius 2 is 2.47 bits per heavy atom. The zero-order chi connectivity index (χ0) is 10.8. The molecule has 1 atom stereocenters. The maximum Gasteiger partial charge on any atom is 0.226 e. The molecule has 5 heteroatoms. The van der Waals surface area contributed by atoms with Crippen molar-refractivity contribution in [2.24, 2.45) is 5.73 Å². The number of rotatable bonds is 2. The summed E-state index contributed by atoms with van der Waals surface area (Å²) in [6.07, 6.45) is 2.05. The van der Waals surface area contributed by atoms with Gasteiger partial charge in [0.2, 0.25) is 5.43 Å². The van der Waals surface area contributed by atoms with Crippen molar-refractivity contribution in [1.82, 2.24) is 4.90 Å². The molecule has 82 valence electrons. The van der Waals surface area contributed by atoms with Crippen molar-refractivity contribution in [3.05, 3.63) is 28.3 Å². The molecule has 5 nitrogen and oxygen atoms in total. The zero-order valence-electron chi connectivity index (χ0n) is 8.35. The van der Waals surface area contributed by atoms with Crippen molar-refractivity contribution in [3.8, 4) is 5.75 Å². The van der Waals surface area contributed by atoms with Crippen LogP contribution in [0, 0.1) is 0 Å². The summed E-state index contributed by atoms with van der Waals surface area (Å²) in [7, 11) is 0. The predicted octanol–water partition coefficient (Wildman–Crippen LogP) is -0.122. The fourth-order valence-corrected chi connectivity index (χ4v) is 1.75. The van der Waals surface area contributed by atoms with Crippen LogP contribution in [0.3, 0.4) is 0 Å². The topological polar surface area (TPSA) is 79.7 Å². The van der Waals surface area contributed by atoms with E-state index in [4.69, 9.17) is 15.3 Å². The molecule has 2 rings (SSSR count). The largest absolute Gasteiger partial charge is 0.502 e. The first kappa shape index (κ1) is 10.2. The van der Waals surface area contributed by atoms with Crippen molar-refractivity contribution in [3.63, 3.8) is 0 Å². The van der Waals surface area contributed by atoms with Gasteiger partial charge in [0.05, 0.1) is 6.54 Å². The molecular formula is C10H14N2O3. The Balaban J connectivity index is 2.05. The fraction of sp³-hybridized carbons (Fsp3) is 0.500. The van der Waals surface area contributed by atoms with Crippen LogP contribution in [-0.4, -0.2) is 29.1 Å². The van der Waals surface area contributed by atoms with Gasteiger partial charge in [-0.15, -0.1) is 0 Å². The first-order valence-corrected chi connectivity index (χ1v) is 4.94. The minimum atomic E-state index is -0.403. The summed E-state index contributed by atoms with van der Waals surface area (Å²) in [4.78, 5) is 13.2. The molecule has 1 aliphatic rings. The van der Waals surface area contributed by atoms with E-state index in [-0.39, 0.29) is 11.8 Å². The number of aromatic hydroxyl groups is 1. The van der Waals surface area contributed by atoms with Gasteiger partial charge in [0, 0.05) is 25.2 Å². The molecule has 1 unspecified atom stereocenters. The summed E-state index contributed by atoms with van der Waals surface area (Å²) in [6.45, 7) is 2.32. The van der Waals surface area contributed by atoms with Crippen LogP contribution in [0.1, 0.15) is 12.2 Å². The van der Waals surface area contributed by atoms with Crippen LogP contribution in [0.15, 0.2) is 21.5 Å². The Morgan fingerprint density at radius 1 is 1.67 bits per heavy atom. The number of likely N-dealkylation sites (tertiary alicyclic amines) is 1. The molecule has 0 aliphatic carbocycles. The molecule has 1 aromatic rings. The molecule has 15 heavy (non-hydrogen) atoms. The van der Waals surface area contributed by atoms with Gasteiger partial charge in [0.25, 0.3) is 0 Å². The first-order chi connectivity index (χ1) is 7.15. The minimum absolute atomic E-state index is 0.217. The van der Waals surface area contributed by atoms with Gasteiger partial charge in [-0.3, -0.25) is 9.69 Å². The maximum atomic E-state index is 11.1. The van der Waals surface area contributed by atoms with E-state index in [2.05, 4.69) is 4.90 Å². The second kappa shape index (κ2) is 4.04. The Morgan fingerprint density at radius 3 is 3.07 bits per heavy atom. The molecule has 0 amide bonds. The third-order valence-electron chi connectivity index (χ3n) is 2.55. The standard InChI is InChI=1S/C10H14N2O3/c11-7-1-2-12(4-7)5-8-3-9(13)10(14)6-15-8/h3,6-7,14H,1-2,4-5,11H2. The van der Waals surface area contributed by atoms with Crippen molar-refractivity contribution < 1.29 is 9.52 Å². The highest BCUT2D eigenvalue weighted by molar-refractivity contribution is 5.15. The molecule has 1 aromatic heterocycles. The monoisotopic (exact) mass is 210 g/mol. The van der Waals surface area contributed by atoms with E-state index in [1.165, 1.54) is 6.07 Å². The van der Waals surface area contributed by atoms with Crippen molar-refractivity contribution >= 4 is 0 Å². The van der Waals surface area contributed by atoms with Crippen LogP contribution in [0.5, 0.6) is 5.75 Å². The highest BCUT2D eigenvalue weighted by atomic mass is 16.4.